The molecule has 1 atom stereocenters. The number of benzene rings is 2. The Morgan fingerprint density at radius 2 is 1.85 bits per heavy atom. The lowest BCUT2D eigenvalue weighted by molar-refractivity contribution is -0.127. The number of allylic oxidation sites excluding steroid dienone is 1. The van der Waals surface area contributed by atoms with Gasteiger partial charge in [0.25, 0.3) is 11.5 Å². The lowest BCUT2D eigenvalue weighted by Gasteiger charge is -2.29. The topological polar surface area (TPSA) is 82.4 Å². The predicted octanol–water partition coefficient (Wildman–Crippen LogP) is 3.13. The average Bonchev–Trinajstić information content (AvgIpc) is 3.25. The van der Waals surface area contributed by atoms with Crippen LogP contribution in [0.4, 0.5) is 0 Å². The summed E-state index contributed by atoms with van der Waals surface area (Å²) in [4.78, 5) is 34.7. The molecule has 0 N–H and O–H groups in total. The normalized spacial score (nSPS) is 14.8. The smallest absolute Gasteiger partial charge is 0.271 e. The Bertz CT molecular complexity index is 1640. The van der Waals surface area contributed by atoms with Gasteiger partial charge >= 0.3 is 0 Å². The molecule has 1 aliphatic heterocycles. The molecule has 0 unspecified atom stereocenters. The van der Waals surface area contributed by atoms with Crippen LogP contribution >= 0.6 is 11.3 Å². The van der Waals surface area contributed by atoms with E-state index in [-0.39, 0.29) is 18.1 Å². The summed E-state index contributed by atoms with van der Waals surface area (Å²) in [7, 11) is 3.12. The van der Waals surface area contributed by atoms with E-state index in [9.17, 15) is 9.59 Å². The van der Waals surface area contributed by atoms with Crippen LogP contribution in [-0.2, 0) is 4.79 Å². The van der Waals surface area contributed by atoms with Gasteiger partial charge in [-0.3, -0.25) is 14.2 Å². The molecule has 3 aromatic rings. The van der Waals surface area contributed by atoms with Crippen LogP contribution in [0, 0.1) is 12.3 Å². The highest BCUT2D eigenvalue weighted by atomic mass is 32.1. The molecule has 1 aliphatic rings. The van der Waals surface area contributed by atoms with E-state index in [1.165, 1.54) is 11.3 Å². The maximum absolute atomic E-state index is 14.0. The molecule has 4 rings (SSSR count). The van der Waals surface area contributed by atoms with Gasteiger partial charge in [0.2, 0.25) is 0 Å². The molecule has 1 aromatic heterocycles. The first-order valence-electron chi connectivity index (χ1n) is 12.6. The number of thiazole rings is 1. The van der Waals surface area contributed by atoms with Gasteiger partial charge in [-0.05, 0) is 50.6 Å². The number of carbonyl (C=O) groups is 1. The Labute approximate surface area is 231 Å². The van der Waals surface area contributed by atoms with E-state index in [1.807, 2.05) is 51.1 Å². The van der Waals surface area contributed by atoms with Gasteiger partial charge in [-0.15, -0.1) is 6.42 Å². The number of hydrogen-bond acceptors (Lipinski definition) is 7. The van der Waals surface area contributed by atoms with Crippen molar-refractivity contribution in [3.05, 3.63) is 84.5 Å². The number of carbonyl (C=O) groups excluding carboxylic acids is 1. The molecule has 1 amide bonds. The molecule has 0 saturated heterocycles. The molecule has 0 bridgehead atoms. The van der Waals surface area contributed by atoms with Crippen molar-refractivity contribution in [2.45, 2.75) is 26.8 Å². The van der Waals surface area contributed by atoms with E-state index in [2.05, 4.69) is 5.92 Å². The number of hydrogen-bond donors (Lipinski definition) is 0. The summed E-state index contributed by atoms with van der Waals surface area (Å²) in [5, 5.41) is 0. The highest BCUT2D eigenvalue weighted by Gasteiger charge is 2.35. The minimum atomic E-state index is -0.693. The van der Waals surface area contributed by atoms with Crippen molar-refractivity contribution in [3.8, 4) is 29.6 Å². The maximum atomic E-state index is 14.0. The third kappa shape index (κ3) is 5.33. The molecule has 8 nitrogen and oxygen atoms in total. The van der Waals surface area contributed by atoms with Crippen molar-refractivity contribution in [1.82, 2.24) is 9.47 Å². The number of amides is 1. The highest BCUT2D eigenvalue weighted by Crippen LogP contribution is 2.36. The van der Waals surface area contributed by atoms with E-state index < -0.39 is 6.04 Å². The summed E-state index contributed by atoms with van der Waals surface area (Å²) in [6.45, 7) is 6.88. The SMILES string of the molecule is C#CCOc1ccc(/C=c2/sc3n(c2=O)[C@@H](c2ccccc2OC)C(C(=O)N(CC)CC)=C(C)N=3)cc1OC. The number of rotatable bonds is 9. The zero-order chi connectivity index (χ0) is 28.1. The highest BCUT2D eigenvalue weighted by molar-refractivity contribution is 7.07. The van der Waals surface area contributed by atoms with Gasteiger partial charge in [0, 0.05) is 18.7 Å². The first-order chi connectivity index (χ1) is 18.9. The van der Waals surface area contributed by atoms with E-state index >= 15 is 0 Å². The summed E-state index contributed by atoms with van der Waals surface area (Å²) in [5.41, 5.74) is 2.24. The number of methoxy groups -OCH3 is 2. The number of fused-ring (bicyclic) bond motifs is 1. The molecule has 0 spiro atoms. The fraction of sp³-hybridized carbons (Fsp3) is 0.300. The molecule has 2 heterocycles. The van der Waals surface area contributed by atoms with Gasteiger partial charge in [-0.1, -0.05) is 41.5 Å². The molecule has 0 aliphatic carbocycles. The number of terminal acetylenes is 1. The van der Waals surface area contributed by atoms with E-state index in [0.29, 0.717) is 56.5 Å². The first-order valence-corrected chi connectivity index (χ1v) is 13.4. The Morgan fingerprint density at radius 1 is 1.13 bits per heavy atom. The Morgan fingerprint density at radius 3 is 2.51 bits per heavy atom. The van der Waals surface area contributed by atoms with Gasteiger partial charge in [0.1, 0.15) is 18.4 Å². The quantitative estimate of drug-likeness (QED) is 0.386. The van der Waals surface area contributed by atoms with Crippen LogP contribution in [0.1, 0.15) is 37.9 Å². The molecule has 202 valence electrons. The monoisotopic (exact) mass is 545 g/mol. The van der Waals surface area contributed by atoms with Gasteiger partial charge in [0.15, 0.2) is 16.3 Å². The van der Waals surface area contributed by atoms with E-state index in [1.54, 1.807) is 41.9 Å². The fourth-order valence-corrected chi connectivity index (χ4v) is 5.67. The van der Waals surface area contributed by atoms with Crippen molar-refractivity contribution in [1.29, 1.82) is 0 Å². The molecule has 39 heavy (non-hydrogen) atoms. The Balaban J connectivity index is 1.92. The molecule has 2 aromatic carbocycles. The number of nitrogens with zero attached hydrogens (tertiary/aromatic N) is 3. The van der Waals surface area contributed by atoms with Crippen molar-refractivity contribution in [2.24, 2.45) is 4.99 Å². The lowest BCUT2D eigenvalue weighted by Crippen LogP contribution is -2.43. The standard InChI is InChI=1S/C30H31N3O5S/c1-7-16-38-23-15-14-20(17-24(23)37-6)18-25-28(34)33-27(21-12-10-11-13-22(21)36-5)26(19(4)31-30(33)39-25)29(35)32(8-2)9-3/h1,10-15,17-18,27H,8-9,16H2,2-6H3/b25-18+/t27-/m0/s1. The zero-order valence-corrected chi connectivity index (χ0v) is 23.5. The number of para-hydroxylation sites is 1. The fourth-order valence-electron chi connectivity index (χ4n) is 4.63. The Hall–Kier alpha value is -4.29. The molecule has 0 fully saturated rings. The predicted molar refractivity (Wildman–Crippen MR) is 152 cm³/mol. The second-order valence-corrected chi connectivity index (χ2v) is 9.71. The van der Waals surface area contributed by atoms with Crippen molar-refractivity contribution in [3.63, 3.8) is 0 Å². The number of ether oxygens (including phenoxy) is 3. The van der Waals surface area contributed by atoms with Crippen LogP contribution in [0.3, 0.4) is 0 Å². The van der Waals surface area contributed by atoms with Crippen LogP contribution in [0.2, 0.25) is 0 Å². The van der Waals surface area contributed by atoms with Crippen molar-refractivity contribution >= 4 is 23.3 Å². The first kappa shape index (κ1) is 27.7. The van der Waals surface area contributed by atoms with Gasteiger partial charge in [-0.25, -0.2) is 4.99 Å². The van der Waals surface area contributed by atoms with Crippen molar-refractivity contribution < 1.29 is 19.0 Å². The summed E-state index contributed by atoms with van der Waals surface area (Å²) in [5.74, 6) is 3.88. The Kier molecular flexibility index (Phi) is 8.57. The maximum Gasteiger partial charge on any atom is 0.271 e. The van der Waals surface area contributed by atoms with E-state index in [4.69, 9.17) is 25.6 Å². The van der Waals surface area contributed by atoms with Gasteiger partial charge in [0.05, 0.1) is 30.0 Å². The second-order valence-electron chi connectivity index (χ2n) is 8.70. The molecular formula is C30H31N3O5S. The number of likely N-dealkylation sites (N-methyl/N-ethyl adjacent to an activating group) is 1. The molecular weight excluding hydrogens is 514 g/mol. The largest absolute Gasteiger partial charge is 0.496 e. The van der Waals surface area contributed by atoms with Gasteiger partial charge in [-0.2, -0.15) is 0 Å². The minimum absolute atomic E-state index is 0.116. The third-order valence-electron chi connectivity index (χ3n) is 6.53. The molecule has 0 radical (unpaired) electrons. The average molecular weight is 546 g/mol. The second kappa shape index (κ2) is 12.0. The zero-order valence-electron chi connectivity index (χ0n) is 22.7. The summed E-state index contributed by atoms with van der Waals surface area (Å²) < 4.78 is 18.7. The summed E-state index contributed by atoms with van der Waals surface area (Å²) in [6.07, 6.45) is 7.08. The van der Waals surface area contributed by atoms with Crippen LogP contribution in [0.25, 0.3) is 6.08 Å². The molecule has 9 heteroatoms. The van der Waals surface area contributed by atoms with Crippen LogP contribution < -0.4 is 29.1 Å². The van der Waals surface area contributed by atoms with Crippen LogP contribution in [0.5, 0.6) is 17.2 Å². The lowest BCUT2D eigenvalue weighted by atomic mass is 9.94. The van der Waals surface area contributed by atoms with Crippen LogP contribution in [0.15, 0.2) is 63.5 Å². The van der Waals surface area contributed by atoms with E-state index in [0.717, 1.165) is 5.56 Å². The van der Waals surface area contributed by atoms with Crippen LogP contribution in [-0.4, -0.2) is 49.3 Å². The van der Waals surface area contributed by atoms with Crippen molar-refractivity contribution in [2.75, 3.05) is 33.9 Å². The third-order valence-corrected chi connectivity index (χ3v) is 7.52. The summed E-state index contributed by atoms with van der Waals surface area (Å²) >= 11 is 1.27. The number of aromatic nitrogens is 1. The molecule has 0 saturated carbocycles. The summed E-state index contributed by atoms with van der Waals surface area (Å²) in [6, 6.07) is 12.1. The van der Waals surface area contributed by atoms with Gasteiger partial charge < -0.3 is 19.1 Å². The minimum Gasteiger partial charge on any atom is -0.496 e.